The van der Waals surface area contributed by atoms with Crippen molar-refractivity contribution in [2.75, 3.05) is 13.1 Å². The molecule has 1 heterocycles. The van der Waals surface area contributed by atoms with Crippen LogP contribution >= 0.6 is 0 Å². The SMILES string of the molecule is Cc1ccccc1C1CCCCN(S(=O)[O-])CC1=O. The predicted molar refractivity (Wildman–Crippen MR) is 73.3 cm³/mol. The Labute approximate surface area is 116 Å². The largest absolute Gasteiger partial charge is 0.760 e. The maximum absolute atomic E-state index is 12.3. The molecule has 4 nitrogen and oxygen atoms in total. The lowest BCUT2D eigenvalue weighted by Crippen LogP contribution is -2.36. The summed E-state index contributed by atoms with van der Waals surface area (Å²) in [5.74, 6) is -0.175. The molecular weight excluding hydrogens is 262 g/mol. The molecule has 1 aromatic rings. The van der Waals surface area contributed by atoms with Gasteiger partial charge >= 0.3 is 0 Å². The Morgan fingerprint density at radius 1 is 1.32 bits per heavy atom. The summed E-state index contributed by atoms with van der Waals surface area (Å²) in [7, 11) is 0. The number of hydrogen-bond donors (Lipinski definition) is 0. The first-order chi connectivity index (χ1) is 9.09. The van der Waals surface area contributed by atoms with Crippen molar-refractivity contribution in [3.8, 4) is 0 Å². The lowest BCUT2D eigenvalue weighted by molar-refractivity contribution is -0.121. The van der Waals surface area contributed by atoms with Crippen LogP contribution in [-0.4, -0.2) is 31.9 Å². The molecule has 1 aliphatic heterocycles. The number of aryl methyl sites for hydroxylation is 1. The van der Waals surface area contributed by atoms with E-state index in [9.17, 15) is 13.6 Å². The number of ketones is 1. The zero-order valence-corrected chi connectivity index (χ0v) is 11.8. The van der Waals surface area contributed by atoms with Crippen LogP contribution in [0.25, 0.3) is 0 Å². The highest BCUT2D eigenvalue weighted by Crippen LogP contribution is 2.28. The Kier molecular flexibility index (Phi) is 4.85. The number of Topliss-reactive ketones (excluding diaryl/α,β-unsaturated/α-hetero) is 1. The van der Waals surface area contributed by atoms with E-state index in [-0.39, 0.29) is 18.2 Å². The standard InChI is InChI=1S/C14H19NO3S/c1-11-6-2-3-7-12(11)13-8-4-5-9-15(19(17)18)10-14(13)16/h2-3,6-7,13H,4-5,8-10H2,1H3,(H,17,18)/p-1. The van der Waals surface area contributed by atoms with Crippen molar-refractivity contribution in [3.63, 3.8) is 0 Å². The van der Waals surface area contributed by atoms with E-state index in [0.717, 1.165) is 30.4 Å². The third-order valence-electron chi connectivity index (χ3n) is 3.65. The van der Waals surface area contributed by atoms with Gasteiger partial charge in [0.25, 0.3) is 0 Å². The van der Waals surface area contributed by atoms with Crippen LogP contribution < -0.4 is 0 Å². The zero-order valence-electron chi connectivity index (χ0n) is 11.0. The van der Waals surface area contributed by atoms with Gasteiger partial charge in [0.15, 0.2) is 5.78 Å². The summed E-state index contributed by atoms with van der Waals surface area (Å²) < 4.78 is 23.3. The molecule has 1 aliphatic rings. The quantitative estimate of drug-likeness (QED) is 0.778. The Hall–Kier alpha value is -1.04. The zero-order chi connectivity index (χ0) is 13.8. The van der Waals surface area contributed by atoms with Crippen LogP contribution in [0.2, 0.25) is 0 Å². The molecule has 0 aliphatic carbocycles. The van der Waals surface area contributed by atoms with E-state index < -0.39 is 11.3 Å². The molecule has 1 aromatic carbocycles. The van der Waals surface area contributed by atoms with E-state index >= 15 is 0 Å². The molecule has 0 spiro atoms. The van der Waals surface area contributed by atoms with Crippen LogP contribution in [0.5, 0.6) is 0 Å². The van der Waals surface area contributed by atoms with Crippen LogP contribution in [0.15, 0.2) is 24.3 Å². The molecule has 1 fully saturated rings. The Morgan fingerprint density at radius 2 is 2.05 bits per heavy atom. The molecular formula is C14H18NO3S-. The second-order valence-corrected chi connectivity index (χ2v) is 5.90. The molecule has 104 valence electrons. The van der Waals surface area contributed by atoms with Crippen molar-refractivity contribution in [2.45, 2.75) is 32.1 Å². The first-order valence-electron chi connectivity index (χ1n) is 6.52. The van der Waals surface area contributed by atoms with Crippen molar-refractivity contribution in [2.24, 2.45) is 0 Å². The molecule has 1 saturated heterocycles. The Bertz CT molecular complexity index is 489. The van der Waals surface area contributed by atoms with E-state index in [1.165, 1.54) is 4.31 Å². The topological polar surface area (TPSA) is 60.4 Å². The highest BCUT2D eigenvalue weighted by molar-refractivity contribution is 7.76. The fraction of sp³-hybridized carbons (Fsp3) is 0.500. The summed E-state index contributed by atoms with van der Waals surface area (Å²) in [5.41, 5.74) is 2.13. The third kappa shape index (κ3) is 3.49. The van der Waals surface area contributed by atoms with E-state index in [1.54, 1.807) is 0 Å². The molecule has 2 unspecified atom stereocenters. The molecule has 0 N–H and O–H groups in total. The maximum atomic E-state index is 12.3. The third-order valence-corrected chi connectivity index (χ3v) is 4.38. The van der Waals surface area contributed by atoms with Gasteiger partial charge in [0.05, 0.1) is 6.54 Å². The fourth-order valence-electron chi connectivity index (χ4n) is 2.59. The molecule has 2 rings (SSSR count). The van der Waals surface area contributed by atoms with Gasteiger partial charge < -0.3 is 4.55 Å². The summed E-state index contributed by atoms with van der Waals surface area (Å²) >= 11 is -2.31. The maximum Gasteiger partial charge on any atom is 0.155 e. The normalized spacial score (nSPS) is 23.7. The van der Waals surface area contributed by atoms with Gasteiger partial charge in [0.2, 0.25) is 0 Å². The predicted octanol–water partition coefficient (Wildman–Crippen LogP) is 1.93. The molecule has 0 aromatic heterocycles. The number of benzene rings is 1. The van der Waals surface area contributed by atoms with E-state index in [0.29, 0.717) is 6.54 Å². The minimum atomic E-state index is -2.31. The molecule has 0 amide bonds. The van der Waals surface area contributed by atoms with Crippen LogP contribution in [0.4, 0.5) is 0 Å². The van der Waals surface area contributed by atoms with Crippen LogP contribution in [0.1, 0.15) is 36.3 Å². The van der Waals surface area contributed by atoms with Gasteiger partial charge in [-0.1, -0.05) is 30.7 Å². The first-order valence-corrected chi connectivity index (χ1v) is 7.55. The average Bonchev–Trinajstić information content (AvgIpc) is 2.35. The molecule has 0 radical (unpaired) electrons. The average molecular weight is 280 g/mol. The smallest absolute Gasteiger partial charge is 0.155 e. The van der Waals surface area contributed by atoms with Crippen LogP contribution in [0.3, 0.4) is 0 Å². The van der Waals surface area contributed by atoms with Crippen molar-refractivity contribution in [1.82, 2.24) is 4.31 Å². The Balaban J connectivity index is 2.23. The van der Waals surface area contributed by atoms with E-state index in [4.69, 9.17) is 0 Å². The van der Waals surface area contributed by atoms with Gasteiger partial charge in [-0.3, -0.25) is 9.00 Å². The van der Waals surface area contributed by atoms with Gasteiger partial charge in [-0.25, -0.2) is 4.31 Å². The highest BCUT2D eigenvalue weighted by atomic mass is 32.2. The summed E-state index contributed by atoms with van der Waals surface area (Å²) in [4.78, 5) is 12.3. The Morgan fingerprint density at radius 3 is 2.74 bits per heavy atom. The van der Waals surface area contributed by atoms with Crippen molar-refractivity contribution >= 4 is 17.0 Å². The lowest BCUT2D eigenvalue weighted by atomic mass is 9.86. The van der Waals surface area contributed by atoms with Crippen molar-refractivity contribution < 1.29 is 13.6 Å². The van der Waals surface area contributed by atoms with Crippen molar-refractivity contribution in [3.05, 3.63) is 35.4 Å². The number of nitrogens with zero attached hydrogens (tertiary/aromatic N) is 1. The fourth-order valence-corrected chi connectivity index (χ4v) is 3.11. The number of rotatable bonds is 2. The first kappa shape index (κ1) is 14.4. The van der Waals surface area contributed by atoms with Crippen molar-refractivity contribution in [1.29, 1.82) is 0 Å². The number of hydrogen-bond acceptors (Lipinski definition) is 3. The van der Waals surface area contributed by atoms with Gasteiger partial charge in [-0.05, 0) is 30.9 Å². The molecule has 0 bridgehead atoms. The van der Waals surface area contributed by atoms with Gasteiger partial charge in [0.1, 0.15) is 0 Å². The minimum Gasteiger partial charge on any atom is -0.760 e. The summed E-state index contributed by atoms with van der Waals surface area (Å²) in [6.07, 6.45) is 2.49. The molecule has 2 atom stereocenters. The molecule has 5 heteroatoms. The highest BCUT2D eigenvalue weighted by Gasteiger charge is 2.25. The molecule has 19 heavy (non-hydrogen) atoms. The summed E-state index contributed by atoms with van der Waals surface area (Å²) in [5, 5.41) is 0. The van der Waals surface area contributed by atoms with Gasteiger partial charge in [-0.15, -0.1) is 0 Å². The summed E-state index contributed by atoms with van der Waals surface area (Å²) in [6, 6.07) is 7.84. The second-order valence-electron chi connectivity index (χ2n) is 4.95. The van der Waals surface area contributed by atoms with Crippen LogP contribution in [0, 0.1) is 6.92 Å². The second kappa shape index (κ2) is 6.41. The van der Waals surface area contributed by atoms with Gasteiger partial charge in [-0.2, -0.15) is 0 Å². The lowest BCUT2D eigenvalue weighted by Gasteiger charge is -2.29. The summed E-state index contributed by atoms with van der Waals surface area (Å²) in [6.45, 7) is 2.43. The molecule has 0 saturated carbocycles. The van der Waals surface area contributed by atoms with E-state index in [1.807, 2.05) is 31.2 Å². The van der Waals surface area contributed by atoms with E-state index in [2.05, 4.69) is 0 Å². The van der Waals surface area contributed by atoms with Gasteiger partial charge in [0, 0.05) is 23.7 Å². The minimum absolute atomic E-state index is 0.00167. The monoisotopic (exact) mass is 280 g/mol. The van der Waals surface area contributed by atoms with Crippen LogP contribution in [-0.2, 0) is 16.1 Å². The number of carbonyl (C=O) groups excluding carboxylic acids is 1. The number of carbonyl (C=O) groups is 1.